The Morgan fingerprint density at radius 1 is 0.433 bits per heavy atom. The molecule has 0 saturated heterocycles. The topological polar surface area (TPSA) is 0 Å². The van der Waals surface area contributed by atoms with E-state index in [2.05, 4.69) is 119 Å². The SMILES string of the molecule is CC(C)(C)c1[c]c(C(C)(C)C)cc(SSc2cc(C(C)(C)C)[c]c(C(C)(C)C)c2)c1. The summed E-state index contributed by atoms with van der Waals surface area (Å²) >= 11 is 0. The van der Waals surface area contributed by atoms with E-state index in [4.69, 9.17) is 0 Å². The number of rotatable bonds is 3. The minimum atomic E-state index is 0.0851. The van der Waals surface area contributed by atoms with Crippen LogP contribution in [0.4, 0.5) is 0 Å². The highest BCUT2D eigenvalue weighted by Gasteiger charge is 2.23. The first-order valence-corrected chi connectivity index (χ1v) is 13.0. The van der Waals surface area contributed by atoms with Crippen LogP contribution in [0, 0.1) is 12.1 Å². The van der Waals surface area contributed by atoms with Crippen molar-refractivity contribution < 1.29 is 0 Å². The molecule has 0 bridgehead atoms. The summed E-state index contributed by atoms with van der Waals surface area (Å²) in [4.78, 5) is 2.60. The molecule has 164 valence electrons. The second-order valence-electron chi connectivity index (χ2n) is 12.5. The highest BCUT2D eigenvalue weighted by Crippen LogP contribution is 2.43. The van der Waals surface area contributed by atoms with Crippen molar-refractivity contribution in [1.29, 1.82) is 0 Å². The van der Waals surface area contributed by atoms with Crippen LogP contribution in [0.25, 0.3) is 0 Å². The molecule has 2 rings (SSSR count). The second-order valence-corrected chi connectivity index (χ2v) is 14.7. The summed E-state index contributed by atoms with van der Waals surface area (Å²) in [6.45, 7) is 27.2. The molecule has 0 saturated carbocycles. The molecule has 0 atom stereocenters. The number of hydrogen-bond donors (Lipinski definition) is 0. The Kier molecular flexibility index (Phi) is 7.27. The van der Waals surface area contributed by atoms with E-state index >= 15 is 0 Å². The van der Waals surface area contributed by atoms with E-state index in [1.807, 2.05) is 21.6 Å². The smallest absolute Gasteiger partial charge is 0.0192 e. The van der Waals surface area contributed by atoms with Crippen molar-refractivity contribution in [2.75, 3.05) is 0 Å². The van der Waals surface area contributed by atoms with Gasteiger partial charge in [0.2, 0.25) is 0 Å². The molecule has 0 fully saturated rings. The standard InChI is InChI=1S/C28H40S2/c1-25(2,3)19-13-20(26(4,5)6)16-23(15-19)29-30-24-17-21(27(7,8)9)14-22(18-24)28(10,11)12/h15-18H,1-12H3. The molecule has 2 heteroatoms. The van der Waals surface area contributed by atoms with E-state index in [-0.39, 0.29) is 21.7 Å². The molecule has 0 aromatic heterocycles. The molecule has 0 aliphatic rings. The van der Waals surface area contributed by atoms with E-state index < -0.39 is 0 Å². The van der Waals surface area contributed by atoms with Crippen molar-refractivity contribution in [1.82, 2.24) is 0 Å². The molecular formula is C28H40S2. The van der Waals surface area contributed by atoms with Crippen molar-refractivity contribution >= 4 is 21.6 Å². The molecule has 0 N–H and O–H groups in total. The highest BCUT2D eigenvalue weighted by atomic mass is 33.1. The summed E-state index contributed by atoms with van der Waals surface area (Å²) in [7, 11) is 3.71. The minimum Gasteiger partial charge on any atom is -0.0561 e. The minimum absolute atomic E-state index is 0.0851. The maximum Gasteiger partial charge on any atom is 0.0192 e. The van der Waals surface area contributed by atoms with Gasteiger partial charge in [0.05, 0.1) is 0 Å². The Morgan fingerprint density at radius 3 is 0.800 bits per heavy atom. The molecule has 0 amide bonds. The van der Waals surface area contributed by atoms with E-state index in [0.29, 0.717) is 0 Å². The number of benzene rings is 2. The van der Waals surface area contributed by atoms with Gasteiger partial charge in [-0.1, -0.05) is 105 Å². The quantitative estimate of drug-likeness (QED) is 0.436. The lowest BCUT2D eigenvalue weighted by Crippen LogP contribution is -2.17. The average molecular weight is 441 g/mol. The van der Waals surface area contributed by atoms with Crippen LogP contribution in [0.2, 0.25) is 0 Å². The van der Waals surface area contributed by atoms with Gasteiger partial charge in [-0.3, -0.25) is 0 Å². The van der Waals surface area contributed by atoms with Gasteiger partial charge in [-0.25, -0.2) is 0 Å². The van der Waals surface area contributed by atoms with Crippen LogP contribution in [-0.4, -0.2) is 0 Å². The first-order valence-electron chi connectivity index (χ1n) is 10.9. The van der Waals surface area contributed by atoms with Gasteiger partial charge >= 0.3 is 0 Å². The fourth-order valence-electron chi connectivity index (χ4n) is 2.90. The Hall–Kier alpha value is -0.860. The fraction of sp³-hybridized carbons (Fsp3) is 0.571. The van der Waals surface area contributed by atoms with E-state index in [0.717, 1.165) is 0 Å². The van der Waals surface area contributed by atoms with Crippen LogP contribution in [-0.2, 0) is 21.7 Å². The lowest BCUT2D eigenvalue weighted by atomic mass is 9.81. The predicted octanol–water partition coefficient (Wildman–Crippen LogP) is 9.28. The van der Waals surface area contributed by atoms with Gasteiger partial charge < -0.3 is 0 Å². The van der Waals surface area contributed by atoms with Gasteiger partial charge in [-0.05, 0) is 80.3 Å². The van der Waals surface area contributed by atoms with Gasteiger partial charge in [0.25, 0.3) is 0 Å². The summed E-state index contributed by atoms with van der Waals surface area (Å²) in [6.07, 6.45) is 0. The molecule has 0 spiro atoms. The summed E-state index contributed by atoms with van der Waals surface area (Å²) in [5, 5.41) is 0. The maximum atomic E-state index is 3.69. The summed E-state index contributed by atoms with van der Waals surface area (Å²) in [6, 6.07) is 16.7. The van der Waals surface area contributed by atoms with Crippen molar-refractivity contribution in [3.63, 3.8) is 0 Å². The zero-order valence-electron chi connectivity index (χ0n) is 21.1. The molecule has 2 aromatic rings. The third kappa shape index (κ3) is 6.82. The van der Waals surface area contributed by atoms with Gasteiger partial charge in [0, 0.05) is 9.79 Å². The lowest BCUT2D eigenvalue weighted by molar-refractivity contribution is 0.563. The van der Waals surface area contributed by atoms with Crippen molar-refractivity contribution in [2.45, 2.75) is 115 Å². The zero-order chi connectivity index (χ0) is 23.1. The van der Waals surface area contributed by atoms with Gasteiger partial charge in [0.15, 0.2) is 0 Å². The Balaban J connectivity index is 2.43. The van der Waals surface area contributed by atoms with Gasteiger partial charge in [-0.15, -0.1) is 0 Å². The molecule has 30 heavy (non-hydrogen) atoms. The average Bonchev–Trinajstić information content (AvgIpc) is 2.56. The molecule has 0 aliphatic carbocycles. The van der Waals surface area contributed by atoms with Crippen LogP contribution in [0.15, 0.2) is 34.1 Å². The molecule has 2 aromatic carbocycles. The van der Waals surface area contributed by atoms with Crippen LogP contribution < -0.4 is 0 Å². The first kappa shape index (κ1) is 25.4. The highest BCUT2D eigenvalue weighted by molar-refractivity contribution is 8.76. The van der Waals surface area contributed by atoms with Crippen LogP contribution in [0.3, 0.4) is 0 Å². The van der Waals surface area contributed by atoms with E-state index in [1.54, 1.807) is 0 Å². The van der Waals surface area contributed by atoms with Crippen LogP contribution >= 0.6 is 21.6 Å². The maximum absolute atomic E-state index is 3.69. The first-order chi connectivity index (χ1) is 13.4. The zero-order valence-corrected chi connectivity index (χ0v) is 22.8. The summed E-state index contributed by atoms with van der Waals surface area (Å²) in [5.74, 6) is 0. The Morgan fingerprint density at radius 2 is 0.633 bits per heavy atom. The molecule has 0 aliphatic heterocycles. The number of hydrogen-bond acceptors (Lipinski definition) is 2. The van der Waals surface area contributed by atoms with Gasteiger partial charge in [-0.2, -0.15) is 0 Å². The van der Waals surface area contributed by atoms with E-state index in [9.17, 15) is 0 Å². The van der Waals surface area contributed by atoms with Crippen molar-refractivity contribution in [2.24, 2.45) is 0 Å². The van der Waals surface area contributed by atoms with Crippen molar-refractivity contribution in [3.8, 4) is 0 Å². The van der Waals surface area contributed by atoms with Gasteiger partial charge in [0.1, 0.15) is 0 Å². The third-order valence-corrected chi connectivity index (χ3v) is 7.50. The predicted molar refractivity (Wildman–Crippen MR) is 137 cm³/mol. The molecule has 0 nitrogen and oxygen atoms in total. The van der Waals surface area contributed by atoms with Crippen LogP contribution in [0.1, 0.15) is 105 Å². The molecule has 0 heterocycles. The molecule has 0 unspecified atom stereocenters. The summed E-state index contributed by atoms with van der Waals surface area (Å²) in [5.41, 5.74) is 5.47. The molecular weight excluding hydrogens is 400 g/mol. The van der Waals surface area contributed by atoms with Crippen molar-refractivity contribution in [3.05, 3.63) is 58.7 Å². The normalized spacial score (nSPS) is 13.6. The monoisotopic (exact) mass is 440 g/mol. The van der Waals surface area contributed by atoms with E-state index in [1.165, 1.54) is 32.0 Å². The summed E-state index contributed by atoms with van der Waals surface area (Å²) < 4.78 is 0. The Labute approximate surface area is 194 Å². The fourth-order valence-corrected chi connectivity index (χ4v) is 4.91. The lowest BCUT2D eigenvalue weighted by Gasteiger charge is -2.26. The third-order valence-electron chi connectivity index (χ3n) is 5.15. The Bertz CT molecular complexity index is 739. The second kappa shape index (κ2) is 8.58. The molecule has 2 radical (unpaired) electrons. The largest absolute Gasteiger partial charge is 0.0561 e. The van der Waals surface area contributed by atoms with Crippen LogP contribution in [0.5, 0.6) is 0 Å².